The third-order valence-electron chi connectivity index (χ3n) is 6.09. The predicted octanol–water partition coefficient (Wildman–Crippen LogP) is 7.31. The summed E-state index contributed by atoms with van der Waals surface area (Å²) in [5.41, 5.74) is 1.34. The molecule has 0 aliphatic rings. The van der Waals surface area contributed by atoms with Crippen LogP contribution in [0.5, 0.6) is 0 Å². The highest BCUT2D eigenvalue weighted by Gasteiger charge is 2.32. The molecule has 0 radical (unpaired) electrons. The summed E-state index contributed by atoms with van der Waals surface area (Å²) in [6.07, 6.45) is -2.64. The molecule has 4 rings (SSSR count). The summed E-state index contributed by atoms with van der Waals surface area (Å²) in [5, 5.41) is 10.8. The van der Waals surface area contributed by atoms with Gasteiger partial charge in [0.1, 0.15) is 0 Å². The maximum absolute atomic E-state index is 13.5. The third kappa shape index (κ3) is 6.60. The number of benzene rings is 3. The summed E-state index contributed by atoms with van der Waals surface area (Å²) >= 11 is 6.32. The van der Waals surface area contributed by atoms with Crippen molar-refractivity contribution < 1.29 is 22.8 Å². The van der Waals surface area contributed by atoms with Crippen LogP contribution in [0.2, 0.25) is 5.02 Å². The van der Waals surface area contributed by atoms with Crippen molar-refractivity contribution in [1.29, 1.82) is 0 Å². The van der Waals surface area contributed by atoms with E-state index in [9.17, 15) is 22.8 Å². The number of hydrogen-bond acceptors (Lipinski definition) is 3. The number of aryl methyl sites for hydroxylation is 1. The zero-order valence-electron chi connectivity index (χ0n) is 21.9. The predicted molar refractivity (Wildman–Crippen MR) is 146 cm³/mol. The Morgan fingerprint density at radius 1 is 1.03 bits per heavy atom. The van der Waals surface area contributed by atoms with E-state index < -0.39 is 17.6 Å². The van der Waals surface area contributed by atoms with E-state index in [4.69, 9.17) is 11.6 Å². The maximum Gasteiger partial charge on any atom is 0.416 e. The Morgan fingerprint density at radius 3 is 2.46 bits per heavy atom. The Hall–Kier alpha value is -3.85. The number of rotatable bonds is 6. The molecule has 4 aromatic rings. The summed E-state index contributed by atoms with van der Waals surface area (Å²) < 4.78 is 41.8. The molecular formula is C29H28ClF3N4O2. The lowest BCUT2D eigenvalue weighted by atomic mass is 9.92. The van der Waals surface area contributed by atoms with E-state index in [1.165, 1.54) is 23.9 Å². The molecular weight excluding hydrogens is 529 g/mol. The first-order valence-electron chi connectivity index (χ1n) is 12.2. The van der Waals surface area contributed by atoms with Gasteiger partial charge in [0.25, 0.3) is 5.91 Å². The minimum absolute atomic E-state index is 0.0944. The maximum atomic E-state index is 13.5. The van der Waals surface area contributed by atoms with Crippen LogP contribution < -0.4 is 10.6 Å². The number of anilines is 1. The van der Waals surface area contributed by atoms with Gasteiger partial charge in [-0.25, -0.2) is 4.68 Å². The molecule has 0 fully saturated rings. The minimum atomic E-state index is -4.49. The van der Waals surface area contributed by atoms with Crippen molar-refractivity contribution in [3.63, 3.8) is 0 Å². The van der Waals surface area contributed by atoms with Gasteiger partial charge in [-0.05, 0) is 59.9 Å². The molecule has 0 aliphatic heterocycles. The lowest BCUT2D eigenvalue weighted by Crippen LogP contribution is -2.27. The Bertz CT molecular complexity index is 1550. The number of nitrogens with zero attached hydrogens (tertiary/aromatic N) is 2. The topological polar surface area (TPSA) is 76.0 Å². The van der Waals surface area contributed by atoms with Crippen molar-refractivity contribution in [3.05, 3.63) is 88.1 Å². The van der Waals surface area contributed by atoms with Gasteiger partial charge in [-0.3, -0.25) is 9.59 Å². The van der Waals surface area contributed by atoms with Crippen molar-refractivity contribution in [1.82, 2.24) is 15.1 Å². The average Bonchev–Trinajstić information content (AvgIpc) is 3.27. The SMILES string of the molecule is Cc1ccc(-n2ncc3c(NC(=O)c4cc(CNC(=O)CC(C)(C)C)ccc4Cl)cccc32)cc1C(F)(F)F. The molecule has 0 spiro atoms. The fraction of sp³-hybridized carbons (Fsp3) is 0.276. The number of fused-ring (bicyclic) bond motifs is 1. The Morgan fingerprint density at radius 2 is 1.77 bits per heavy atom. The van der Waals surface area contributed by atoms with Crippen LogP contribution in [-0.2, 0) is 17.5 Å². The smallest absolute Gasteiger partial charge is 0.352 e. The van der Waals surface area contributed by atoms with Crippen LogP contribution in [0.15, 0.2) is 60.8 Å². The highest BCUT2D eigenvalue weighted by molar-refractivity contribution is 6.34. The van der Waals surface area contributed by atoms with Crippen molar-refractivity contribution >= 4 is 40.0 Å². The van der Waals surface area contributed by atoms with Crippen LogP contribution in [0.4, 0.5) is 18.9 Å². The molecule has 0 saturated heterocycles. The van der Waals surface area contributed by atoms with Crippen molar-refractivity contribution in [2.45, 2.75) is 46.8 Å². The Kier molecular flexibility index (Phi) is 7.75. The van der Waals surface area contributed by atoms with Gasteiger partial charge in [0.15, 0.2) is 0 Å². The zero-order valence-corrected chi connectivity index (χ0v) is 22.7. The monoisotopic (exact) mass is 556 g/mol. The van der Waals surface area contributed by atoms with E-state index >= 15 is 0 Å². The number of halogens is 4. The van der Waals surface area contributed by atoms with E-state index in [-0.39, 0.29) is 39.7 Å². The molecule has 0 atom stereocenters. The van der Waals surface area contributed by atoms with Crippen LogP contribution in [0.3, 0.4) is 0 Å². The number of alkyl halides is 3. The molecule has 0 bridgehead atoms. The second-order valence-corrected chi connectivity index (χ2v) is 11.0. The van der Waals surface area contributed by atoms with Crippen molar-refractivity contribution in [2.75, 3.05) is 5.32 Å². The summed E-state index contributed by atoms with van der Waals surface area (Å²) in [4.78, 5) is 25.4. The molecule has 0 aliphatic carbocycles. The number of nitrogens with one attached hydrogen (secondary N) is 2. The van der Waals surface area contributed by atoms with Gasteiger partial charge in [-0.15, -0.1) is 0 Å². The lowest BCUT2D eigenvalue weighted by molar-refractivity contribution is -0.138. The first-order chi connectivity index (χ1) is 18.2. The molecule has 6 nitrogen and oxygen atoms in total. The standard InChI is InChI=1S/C29H28ClF3N4O2/c1-17-8-10-19(13-22(17)29(31,32)33)37-25-7-5-6-24(21(25)16-35-37)36-27(39)20-12-18(9-11-23(20)30)15-34-26(38)14-28(2,3)4/h5-13,16H,14-15H2,1-4H3,(H,34,38)(H,36,39). The summed E-state index contributed by atoms with van der Waals surface area (Å²) in [7, 11) is 0. The van der Waals surface area contributed by atoms with Gasteiger partial charge in [0.05, 0.1) is 39.2 Å². The molecule has 2 amide bonds. The molecule has 0 saturated carbocycles. The average molecular weight is 557 g/mol. The van der Waals surface area contributed by atoms with E-state index in [1.807, 2.05) is 20.8 Å². The molecule has 2 N–H and O–H groups in total. The molecule has 10 heteroatoms. The van der Waals surface area contributed by atoms with Crippen LogP contribution in [0.1, 0.15) is 54.2 Å². The number of carbonyl (C=O) groups is 2. The van der Waals surface area contributed by atoms with Crippen LogP contribution in [-0.4, -0.2) is 21.6 Å². The third-order valence-corrected chi connectivity index (χ3v) is 6.42. The molecule has 1 heterocycles. The van der Waals surface area contributed by atoms with Crippen LogP contribution in [0, 0.1) is 12.3 Å². The fourth-order valence-electron chi connectivity index (χ4n) is 4.20. The summed E-state index contributed by atoms with van der Waals surface area (Å²) in [6, 6.07) is 14.0. The van der Waals surface area contributed by atoms with E-state index in [1.54, 1.807) is 42.5 Å². The fourth-order valence-corrected chi connectivity index (χ4v) is 4.41. The second kappa shape index (κ2) is 10.7. The number of amides is 2. The van der Waals surface area contributed by atoms with E-state index in [2.05, 4.69) is 15.7 Å². The van der Waals surface area contributed by atoms with Gasteiger partial charge in [0.2, 0.25) is 5.91 Å². The highest BCUT2D eigenvalue weighted by Crippen LogP contribution is 2.34. The number of hydrogen-bond donors (Lipinski definition) is 2. The van der Waals surface area contributed by atoms with Crippen molar-refractivity contribution in [2.24, 2.45) is 5.41 Å². The second-order valence-electron chi connectivity index (χ2n) is 10.6. The van der Waals surface area contributed by atoms with Gasteiger partial charge >= 0.3 is 6.18 Å². The summed E-state index contributed by atoms with van der Waals surface area (Å²) in [5.74, 6) is -0.569. The molecule has 1 aromatic heterocycles. The van der Waals surface area contributed by atoms with E-state index in [0.717, 1.165) is 6.07 Å². The number of aromatic nitrogens is 2. The van der Waals surface area contributed by atoms with Gasteiger partial charge in [-0.1, -0.05) is 50.6 Å². The number of carbonyl (C=O) groups excluding carboxylic acids is 2. The molecule has 3 aromatic carbocycles. The Labute approximate surface area is 229 Å². The molecule has 0 unspecified atom stereocenters. The van der Waals surface area contributed by atoms with Gasteiger partial charge in [-0.2, -0.15) is 18.3 Å². The van der Waals surface area contributed by atoms with Crippen molar-refractivity contribution in [3.8, 4) is 5.69 Å². The molecule has 204 valence electrons. The van der Waals surface area contributed by atoms with E-state index in [0.29, 0.717) is 28.6 Å². The minimum Gasteiger partial charge on any atom is -0.352 e. The highest BCUT2D eigenvalue weighted by atomic mass is 35.5. The lowest BCUT2D eigenvalue weighted by Gasteiger charge is -2.17. The largest absolute Gasteiger partial charge is 0.416 e. The zero-order chi connectivity index (χ0) is 28.5. The molecule has 39 heavy (non-hydrogen) atoms. The first-order valence-corrected chi connectivity index (χ1v) is 12.6. The van der Waals surface area contributed by atoms with Gasteiger partial charge in [0, 0.05) is 18.4 Å². The normalized spacial score (nSPS) is 12.0. The Balaban J connectivity index is 1.58. The van der Waals surface area contributed by atoms with Crippen LogP contribution >= 0.6 is 11.6 Å². The van der Waals surface area contributed by atoms with Crippen LogP contribution in [0.25, 0.3) is 16.6 Å². The van der Waals surface area contributed by atoms with Gasteiger partial charge < -0.3 is 10.6 Å². The first kappa shape index (κ1) is 28.2. The summed E-state index contributed by atoms with van der Waals surface area (Å²) in [6.45, 7) is 7.57. The quantitative estimate of drug-likeness (QED) is 0.261.